The number of carbonyl (C=O) groups excluding carboxylic acids is 2. The highest BCUT2D eigenvalue weighted by molar-refractivity contribution is 5.94. The monoisotopic (exact) mass is 388 g/mol. The van der Waals surface area contributed by atoms with E-state index in [0.717, 1.165) is 17.5 Å². The van der Waals surface area contributed by atoms with Gasteiger partial charge in [0.2, 0.25) is 5.91 Å². The highest BCUT2D eigenvalue weighted by atomic mass is 16.5. The Bertz CT molecular complexity index is 953. The maximum Gasteiger partial charge on any atom is 0.262 e. The standard InChI is InChI=1S/C24H24N2O3/c1-2-7-23(27)25-20-10-6-11-21(16-20)26-24(28)17-29-22-14-12-19(13-15-22)18-8-4-3-5-9-18/h3-6,8-16H,2,7,17H2,1H3,(H,25,27)(H,26,28). The Morgan fingerprint density at radius 1 is 0.759 bits per heavy atom. The van der Waals surface area contributed by atoms with Crippen molar-refractivity contribution in [1.82, 2.24) is 0 Å². The molecule has 0 heterocycles. The van der Waals surface area contributed by atoms with Crippen molar-refractivity contribution in [1.29, 1.82) is 0 Å². The minimum atomic E-state index is -0.269. The van der Waals surface area contributed by atoms with E-state index in [9.17, 15) is 9.59 Å². The van der Waals surface area contributed by atoms with Crippen LogP contribution >= 0.6 is 0 Å². The third-order valence-corrected chi connectivity index (χ3v) is 4.24. The minimum absolute atomic E-state index is 0.0433. The molecule has 5 heteroatoms. The molecule has 0 bridgehead atoms. The first-order valence-electron chi connectivity index (χ1n) is 9.62. The van der Waals surface area contributed by atoms with E-state index in [1.165, 1.54) is 0 Å². The van der Waals surface area contributed by atoms with E-state index in [0.29, 0.717) is 23.5 Å². The van der Waals surface area contributed by atoms with Crippen molar-refractivity contribution >= 4 is 23.2 Å². The van der Waals surface area contributed by atoms with Crippen molar-refractivity contribution in [2.45, 2.75) is 19.8 Å². The summed E-state index contributed by atoms with van der Waals surface area (Å²) in [5.41, 5.74) is 3.47. The molecule has 0 aliphatic heterocycles. The summed E-state index contributed by atoms with van der Waals surface area (Å²) in [7, 11) is 0. The van der Waals surface area contributed by atoms with Crippen LogP contribution in [-0.2, 0) is 9.59 Å². The summed E-state index contributed by atoms with van der Waals surface area (Å²) in [5, 5.41) is 5.59. The summed E-state index contributed by atoms with van der Waals surface area (Å²) in [5.74, 6) is 0.313. The van der Waals surface area contributed by atoms with Gasteiger partial charge in [-0.2, -0.15) is 0 Å². The second-order valence-electron chi connectivity index (χ2n) is 6.61. The zero-order valence-electron chi connectivity index (χ0n) is 16.4. The first-order chi connectivity index (χ1) is 14.1. The predicted molar refractivity (Wildman–Crippen MR) is 116 cm³/mol. The molecule has 0 aliphatic carbocycles. The van der Waals surface area contributed by atoms with Crippen LogP contribution in [-0.4, -0.2) is 18.4 Å². The number of ether oxygens (including phenoxy) is 1. The number of carbonyl (C=O) groups is 2. The summed E-state index contributed by atoms with van der Waals surface area (Å²) in [6.45, 7) is 1.85. The lowest BCUT2D eigenvalue weighted by Crippen LogP contribution is -2.20. The number of hydrogen-bond acceptors (Lipinski definition) is 3. The van der Waals surface area contributed by atoms with Gasteiger partial charge in [-0.25, -0.2) is 0 Å². The molecule has 2 amide bonds. The topological polar surface area (TPSA) is 67.4 Å². The molecular formula is C24H24N2O3. The molecule has 0 aliphatic rings. The lowest BCUT2D eigenvalue weighted by atomic mass is 10.1. The molecule has 0 fully saturated rings. The van der Waals surface area contributed by atoms with Crippen molar-refractivity contribution in [2.75, 3.05) is 17.2 Å². The zero-order valence-corrected chi connectivity index (χ0v) is 16.4. The Labute approximate surface area is 170 Å². The predicted octanol–water partition coefficient (Wildman–Crippen LogP) is 5.11. The van der Waals surface area contributed by atoms with Crippen molar-refractivity contribution in [3.63, 3.8) is 0 Å². The normalized spacial score (nSPS) is 10.2. The average Bonchev–Trinajstić information content (AvgIpc) is 2.74. The van der Waals surface area contributed by atoms with Crippen LogP contribution in [0.1, 0.15) is 19.8 Å². The fourth-order valence-corrected chi connectivity index (χ4v) is 2.85. The molecular weight excluding hydrogens is 364 g/mol. The molecule has 0 unspecified atom stereocenters. The molecule has 148 valence electrons. The van der Waals surface area contributed by atoms with Crippen molar-refractivity contribution in [2.24, 2.45) is 0 Å². The number of benzene rings is 3. The SMILES string of the molecule is CCCC(=O)Nc1cccc(NC(=O)COc2ccc(-c3ccccc3)cc2)c1. The highest BCUT2D eigenvalue weighted by Gasteiger charge is 2.06. The third-order valence-electron chi connectivity index (χ3n) is 4.24. The molecule has 0 saturated heterocycles. The summed E-state index contributed by atoms with van der Waals surface area (Å²) in [4.78, 5) is 23.9. The lowest BCUT2D eigenvalue weighted by molar-refractivity contribution is -0.118. The van der Waals surface area contributed by atoms with Crippen LogP contribution < -0.4 is 15.4 Å². The second kappa shape index (κ2) is 10.1. The van der Waals surface area contributed by atoms with Gasteiger partial charge in [0.05, 0.1) is 0 Å². The first-order valence-corrected chi connectivity index (χ1v) is 9.62. The summed E-state index contributed by atoms with van der Waals surface area (Å²) >= 11 is 0. The molecule has 2 N–H and O–H groups in total. The number of hydrogen-bond donors (Lipinski definition) is 2. The molecule has 0 saturated carbocycles. The Hall–Kier alpha value is -3.60. The number of anilines is 2. The molecule has 3 aromatic rings. The summed E-state index contributed by atoms with van der Waals surface area (Å²) in [6, 6.07) is 24.7. The van der Waals surface area contributed by atoms with Crippen LogP contribution in [0.2, 0.25) is 0 Å². The van der Waals surface area contributed by atoms with E-state index in [2.05, 4.69) is 10.6 Å². The van der Waals surface area contributed by atoms with Gasteiger partial charge in [0, 0.05) is 17.8 Å². The molecule has 5 nitrogen and oxygen atoms in total. The second-order valence-corrected chi connectivity index (χ2v) is 6.61. The number of rotatable bonds is 8. The molecule has 0 radical (unpaired) electrons. The van der Waals surface area contributed by atoms with Crippen LogP contribution in [0.3, 0.4) is 0 Å². The fourth-order valence-electron chi connectivity index (χ4n) is 2.85. The van der Waals surface area contributed by atoms with Gasteiger partial charge in [-0.05, 0) is 47.9 Å². The van der Waals surface area contributed by atoms with Crippen LogP contribution in [0, 0.1) is 0 Å². The van der Waals surface area contributed by atoms with Gasteiger partial charge in [-0.3, -0.25) is 9.59 Å². The van der Waals surface area contributed by atoms with Gasteiger partial charge in [0.15, 0.2) is 6.61 Å². The lowest BCUT2D eigenvalue weighted by Gasteiger charge is -2.10. The van der Waals surface area contributed by atoms with Gasteiger partial charge >= 0.3 is 0 Å². The smallest absolute Gasteiger partial charge is 0.262 e. The van der Waals surface area contributed by atoms with Crippen LogP contribution in [0.15, 0.2) is 78.9 Å². The zero-order chi connectivity index (χ0) is 20.5. The summed E-state index contributed by atoms with van der Waals surface area (Å²) < 4.78 is 5.58. The van der Waals surface area contributed by atoms with E-state index >= 15 is 0 Å². The first kappa shape index (κ1) is 20.1. The van der Waals surface area contributed by atoms with E-state index in [1.807, 2.05) is 61.5 Å². The van der Waals surface area contributed by atoms with Crippen molar-refractivity contribution in [3.05, 3.63) is 78.9 Å². The molecule has 0 atom stereocenters. The highest BCUT2D eigenvalue weighted by Crippen LogP contribution is 2.22. The fraction of sp³-hybridized carbons (Fsp3) is 0.167. The Morgan fingerprint density at radius 2 is 1.38 bits per heavy atom. The van der Waals surface area contributed by atoms with Gasteiger partial charge < -0.3 is 15.4 Å². The third kappa shape index (κ3) is 6.21. The Kier molecular flexibility index (Phi) is 7.00. The van der Waals surface area contributed by atoms with Gasteiger partial charge in [-0.1, -0.05) is 55.5 Å². The maximum absolute atomic E-state index is 12.2. The molecule has 0 aromatic heterocycles. The number of nitrogens with one attached hydrogen (secondary N) is 2. The van der Waals surface area contributed by atoms with Gasteiger partial charge in [0.25, 0.3) is 5.91 Å². The van der Waals surface area contributed by atoms with Gasteiger partial charge in [0.1, 0.15) is 5.75 Å². The largest absolute Gasteiger partial charge is 0.484 e. The van der Waals surface area contributed by atoms with Gasteiger partial charge in [-0.15, -0.1) is 0 Å². The average molecular weight is 388 g/mol. The van der Waals surface area contributed by atoms with E-state index in [4.69, 9.17) is 4.74 Å². The van der Waals surface area contributed by atoms with E-state index in [-0.39, 0.29) is 18.4 Å². The molecule has 3 rings (SSSR count). The Balaban J connectivity index is 1.52. The van der Waals surface area contributed by atoms with Crippen LogP contribution in [0.25, 0.3) is 11.1 Å². The Morgan fingerprint density at radius 3 is 2.03 bits per heavy atom. The molecule has 29 heavy (non-hydrogen) atoms. The molecule has 3 aromatic carbocycles. The minimum Gasteiger partial charge on any atom is -0.484 e. The van der Waals surface area contributed by atoms with Crippen molar-refractivity contribution < 1.29 is 14.3 Å². The van der Waals surface area contributed by atoms with Crippen LogP contribution in [0.5, 0.6) is 5.75 Å². The molecule has 0 spiro atoms. The number of amides is 2. The summed E-state index contributed by atoms with van der Waals surface area (Å²) in [6.07, 6.45) is 1.25. The van der Waals surface area contributed by atoms with Crippen molar-refractivity contribution in [3.8, 4) is 16.9 Å². The van der Waals surface area contributed by atoms with Crippen LogP contribution in [0.4, 0.5) is 11.4 Å². The van der Waals surface area contributed by atoms with E-state index < -0.39 is 0 Å². The quantitative estimate of drug-likeness (QED) is 0.563. The maximum atomic E-state index is 12.2. The van der Waals surface area contributed by atoms with E-state index in [1.54, 1.807) is 24.3 Å².